The van der Waals surface area contributed by atoms with Gasteiger partial charge in [-0.05, 0) is 75.2 Å². The lowest BCUT2D eigenvalue weighted by Crippen LogP contribution is -2.14. The zero-order valence-electron chi connectivity index (χ0n) is 17.8. The largest absolute Gasteiger partial charge is 0.490 e. The fourth-order valence-corrected chi connectivity index (χ4v) is 3.19. The molecule has 2 aromatic carbocycles. The van der Waals surface area contributed by atoms with E-state index in [-0.39, 0.29) is 0 Å². The van der Waals surface area contributed by atoms with Crippen LogP contribution in [0.1, 0.15) is 53.4 Å². The summed E-state index contributed by atoms with van der Waals surface area (Å²) >= 11 is 0. The van der Waals surface area contributed by atoms with Crippen LogP contribution in [0.15, 0.2) is 48.5 Å². The van der Waals surface area contributed by atoms with Gasteiger partial charge in [-0.1, -0.05) is 26.7 Å². The zero-order chi connectivity index (χ0) is 20.2. The molecule has 2 unspecified atom stereocenters. The van der Waals surface area contributed by atoms with Crippen LogP contribution in [0.3, 0.4) is 0 Å². The normalized spacial score (nSPS) is 12.9. The third-order valence-electron chi connectivity index (χ3n) is 4.60. The molecule has 4 heteroatoms. The fraction of sp³-hybridized carbons (Fsp3) is 0.500. The molecule has 0 aliphatic carbocycles. The second kappa shape index (κ2) is 12.2. The highest BCUT2D eigenvalue weighted by molar-refractivity contribution is 5.47. The van der Waals surface area contributed by atoms with Crippen molar-refractivity contribution in [1.82, 2.24) is 0 Å². The van der Waals surface area contributed by atoms with Crippen molar-refractivity contribution in [1.29, 1.82) is 0 Å². The number of hydrogen-bond acceptors (Lipinski definition) is 4. The van der Waals surface area contributed by atoms with Crippen LogP contribution in [0.4, 0.5) is 11.4 Å². The van der Waals surface area contributed by atoms with E-state index >= 15 is 0 Å². The van der Waals surface area contributed by atoms with Gasteiger partial charge in [0.1, 0.15) is 24.7 Å². The van der Waals surface area contributed by atoms with Gasteiger partial charge in [0.05, 0.1) is 0 Å². The Kier molecular flexibility index (Phi) is 9.53. The number of rotatable bonds is 13. The maximum atomic E-state index is 5.77. The van der Waals surface area contributed by atoms with Crippen molar-refractivity contribution in [2.24, 2.45) is 0 Å². The number of anilines is 2. The van der Waals surface area contributed by atoms with E-state index in [1.165, 1.54) is 25.7 Å². The van der Waals surface area contributed by atoms with Crippen LogP contribution < -0.4 is 20.1 Å². The molecule has 0 saturated heterocycles. The number of ether oxygens (including phenoxy) is 2. The molecule has 28 heavy (non-hydrogen) atoms. The fourth-order valence-electron chi connectivity index (χ4n) is 3.19. The van der Waals surface area contributed by atoms with Gasteiger partial charge >= 0.3 is 0 Å². The molecule has 4 nitrogen and oxygen atoms in total. The molecule has 2 aromatic rings. The van der Waals surface area contributed by atoms with Gasteiger partial charge in [-0.2, -0.15) is 0 Å². The van der Waals surface area contributed by atoms with Gasteiger partial charge in [0.2, 0.25) is 0 Å². The van der Waals surface area contributed by atoms with Crippen molar-refractivity contribution in [3.8, 4) is 11.5 Å². The molecule has 0 heterocycles. The van der Waals surface area contributed by atoms with Gasteiger partial charge in [-0.25, -0.2) is 0 Å². The van der Waals surface area contributed by atoms with Gasteiger partial charge in [-0.15, -0.1) is 0 Å². The molecular formula is C24H36N2O2. The molecule has 0 spiro atoms. The molecule has 2 rings (SSSR count). The van der Waals surface area contributed by atoms with E-state index in [0.717, 1.165) is 22.9 Å². The molecule has 0 saturated carbocycles. The van der Waals surface area contributed by atoms with Crippen LogP contribution in [0.5, 0.6) is 11.5 Å². The van der Waals surface area contributed by atoms with Crippen LogP contribution in [0, 0.1) is 0 Å². The third-order valence-corrected chi connectivity index (χ3v) is 4.60. The van der Waals surface area contributed by atoms with Crippen molar-refractivity contribution in [2.45, 2.75) is 65.5 Å². The van der Waals surface area contributed by atoms with Crippen LogP contribution in [0.25, 0.3) is 0 Å². The summed E-state index contributed by atoms with van der Waals surface area (Å²) in [5.74, 6) is 1.73. The van der Waals surface area contributed by atoms with Crippen molar-refractivity contribution in [3.63, 3.8) is 0 Å². The lowest BCUT2D eigenvalue weighted by molar-refractivity contribution is 0.217. The summed E-state index contributed by atoms with van der Waals surface area (Å²) in [4.78, 5) is 0. The second-order valence-electron chi connectivity index (χ2n) is 7.41. The predicted molar refractivity (Wildman–Crippen MR) is 120 cm³/mol. The van der Waals surface area contributed by atoms with E-state index in [9.17, 15) is 0 Å². The SMILES string of the molecule is CCCC(C)Nc1ccc(OCCOc2ccc(NC(C)CCC)cc2)cc1. The van der Waals surface area contributed by atoms with Crippen LogP contribution >= 0.6 is 0 Å². The number of hydrogen-bond donors (Lipinski definition) is 2. The summed E-state index contributed by atoms with van der Waals surface area (Å²) < 4.78 is 11.5. The first-order valence-corrected chi connectivity index (χ1v) is 10.6. The smallest absolute Gasteiger partial charge is 0.122 e. The molecule has 154 valence electrons. The molecule has 0 bridgehead atoms. The summed E-state index contributed by atoms with van der Waals surface area (Å²) in [6.07, 6.45) is 4.72. The van der Waals surface area contributed by atoms with Gasteiger partial charge in [0.15, 0.2) is 0 Å². The minimum absolute atomic E-state index is 0.488. The maximum Gasteiger partial charge on any atom is 0.122 e. The molecule has 0 aliphatic rings. The Morgan fingerprint density at radius 1 is 0.643 bits per heavy atom. The number of nitrogens with one attached hydrogen (secondary N) is 2. The van der Waals surface area contributed by atoms with Gasteiger partial charge in [0, 0.05) is 23.5 Å². The molecule has 2 N–H and O–H groups in total. The average molecular weight is 385 g/mol. The van der Waals surface area contributed by atoms with E-state index < -0.39 is 0 Å². The summed E-state index contributed by atoms with van der Waals surface area (Å²) in [7, 11) is 0. The molecule has 0 fully saturated rings. The highest BCUT2D eigenvalue weighted by Gasteiger charge is 2.03. The average Bonchev–Trinajstić information content (AvgIpc) is 2.68. The summed E-state index contributed by atoms with van der Waals surface area (Å²) in [6, 6.07) is 17.2. The van der Waals surface area contributed by atoms with Crippen molar-refractivity contribution < 1.29 is 9.47 Å². The topological polar surface area (TPSA) is 42.5 Å². The van der Waals surface area contributed by atoms with E-state index in [1.807, 2.05) is 24.3 Å². The Bertz CT molecular complexity index is 596. The third kappa shape index (κ3) is 8.12. The monoisotopic (exact) mass is 384 g/mol. The van der Waals surface area contributed by atoms with Crippen molar-refractivity contribution >= 4 is 11.4 Å². The molecule has 0 aliphatic heterocycles. The van der Waals surface area contributed by atoms with Crippen LogP contribution in [-0.4, -0.2) is 25.3 Å². The molecule has 0 radical (unpaired) electrons. The van der Waals surface area contributed by atoms with Gasteiger partial charge in [0.25, 0.3) is 0 Å². The standard InChI is InChI=1S/C24H36N2O2/c1-5-7-19(3)25-21-9-13-23(14-10-21)27-17-18-28-24-15-11-22(12-16-24)26-20(4)8-6-2/h9-16,19-20,25-26H,5-8,17-18H2,1-4H3. The van der Waals surface area contributed by atoms with Gasteiger partial charge in [-0.3, -0.25) is 0 Å². The second-order valence-corrected chi connectivity index (χ2v) is 7.41. The quantitative estimate of drug-likeness (QED) is 0.395. The van der Waals surface area contributed by atoms with Crippen LogP contribution in [0.2, 0.25) is 0 Å². The minimum Gasteiger partial charge on any atom is -0.490 e. The van der Waals surface area contributed by atoms with E-state index in [4.69, 9.17) is 9.47 Å². The Morgan fingerprint density at radius 2 is 1.00 bits per heavy atom. The zero-order valence-corrected chi connectivity index (χ0v) is 17.8. The molecule has 2 atom stereocenters. The van der Waals surface area contributed by atoms with Gasteiger partial charge < -0.3 is 20.1 Å². The predicted octanol–water partition coefficient (Wildman–Crippen LogP) is 6.35. The lowest BCUT2D eigenvalue weighted by Gasteiger charge is -2.15. The Hall–Kier alpha value is -2.36. The number of benzene rings is 2. The first-order valence-electron chi connectivity index (χ1n) is 10.6. The maximum absolute atomic E-state index is 5.77. The molecule has 0 amide bonds. The Labute approximate surface area is 170 Å². The van der Waals surface area contributed by atoms with E-state index in [0.29, 0.717) is 25.3 Å². The molecule has 0 aromatic heterocycles. The van der Waals surface area contributed by atoms with Crippen molar-refractivity contribution in [2.75, 3.05) is 23.8 Å². The summed E-state index contributed by atoms with van der Waals surface area (Å²) in [5, 5.41) is 6.99. The summed E-state index contributed by atoms with van der Waals surface area (Å²) in [6.45, 7) is 9.87. The Morgan fingerprint density at radius 3 is 1.32 bits per heavy atom. The minimum atomic E-state index is 0.488. The first-order chi connectivity index (χ1) is 13.6. The highest BCUT2D eigenvalue weighted by atomic mass is 16.5. The molecular weight excluding hydrogens is 348 g/mol. The van der Waals surface area contributed by atoms with E-state index in [1.54, 1.807) is 0 Å². The first kappa shape index (κ1) is 21.9. The van der Waals surface area contributed by atoms with Crippen LogP contribution in [-0.2, 0) is 0 Å². The summed E-state index contributed by atoms with van der Waals surface area (Å²) in [5.41, 5.74) is 2.26. The van der Waals surface area contributed by atoms with Crippen molar-refractivity contribution in [3.05, 3.63) is 48.5 Å². The lowest BCUT2D eigenvalue weighted by atomic mass is 10.2. The van der Waals surface area contributed by atoms with E-state index in [2.05, 4.69) is 62.6 Å². The highest BCUT2D eigenvalue weighted by Crippen LogP contribution is 2.19. The Balaban J connectivity index is 1.68.